The van der Waals surface area contributed by atoms with Crippen molar-refractivity contribution in [1.82, 2.24) is 4.90 Å². The molecule has 2 saturated carbocycles. The molecule has 3 aliphatic rings. The van der Waals surface area contributed by atoms with Gasteiger partial charge in [0.1, 0.15) is 6.04 Å². The quantitative estimate of drug-likeness (QED) is 0.931. The van der Waals surface area contributed by atoms with E-state index in [0.29, 0.717) is 5.92 Å². The predicted molar refractivity (Wildman–Crippen MR) is 87.3 cm³/mol. The van der Waals surface area contributed by atoms with Gasteiger partial charge in [0, 0.05) is 11.5 Å². The minimum atomic E-state index is -0.539. The number of nitriles is 1. The Balaban J connectivity index is 1.65. The highest BCUT2D eigenvalue weighted by Gasteiger charge is 2.57. The van der Waals surface area contributed by atoms with Gasteiger partial charge in [0.25, 0.3) is 0 Å². The molecule has 4 rings (SSSR count). The molecule has 23 heavy (non-hydrogen) atoms. The monoisotopic (exact) mass is 309 g/mol. The molecule has 2 aliphatic carbocycles. The topological polar surface area (TPSA) is 70.1 Å². The Bertz CT molecular complexity index is 644. The van der Waals surface area contributed by atoms with E-state index in [4.69, 9.17) is 5.73 Å². The Hall–Kier alpha value is -1.86. The van der Waals surface area contributed by atoms with Crippen molar-refractivity contribution in [3.63, 3.8) is 0 Å². The second-order valence-corrected chi connectivity index (χ2v) is 7.40. The summed E-state index contributed by atoms with van der Waals surface area (Å²) in [5.74, 6) is 0.527. The van der Waals surface area contributed by atoms with E-state index in [9.17, 15) is 10.1 Å². The van der Waals surface area contributed by atoms with E-state index in [0.717, 1.165) is 38.5 Å². The molecule has 0 aromatic heterocycles. The Labute approximate surface area is 137 Å². The fourth-order valence-corrected chi connectivity index (χ4v) is 4.84. The molecule has 1 aliphatic heterocycles. The first-order valence-corrected chi connectivity index (χ1v) is 8.70. The van der Waals surface area contributed by atoms with Crippen molar-refractivity contribution in [3.8, 4) is 6.07 Å². The van der Waals surface area contributed by atoms with Crippen molar-refractivity contribution in [3.05, 3.63) is 35.9 Å². The molecule has 4 heteroatoms. The van der Waals surface area contributed by atoms with E-state index in [1.807, 2.05) is 23.1 Å². The second-order valence-electron chi connectivity index (χ2n) is 7.40. The first-order chi connectivity index (χ1) is 11.2. The van der Waals surface area contributed by atoms with Crippen LogP contribution in [0, 0.1) is 17.2 Å². The van der Waals surface area contributed by atoms with Crippen molar-refractivity contribution in [2.75, 3.05) is 0 Å². The lowest BCUT2D eigenvalue weighted by molar-refractivity contribution is -0.135. The summed E-state index contributed by atoms with van der Waals surface area (Å²) in [4.78, 5) is 15.0. The third kappa shape index (κ3) is 2.18. The number of hydrogen-bond donors (Lipinski definition) is 1. The van der Waals surface area contributed by atoms with Gasteiger partial charge in [-0.25, -0.2) is 0 Å². The van der Waals surface area contributed by atoms with Gasteiger partial charge >= 0.3 is 0 Å². The predicted octanol–water partition coefficient (Wildman–Crippen LogP) is 2.34. The normalized spacial score (nSPS) is 32.2. The van der Waals surface area contributed by atoms with Gasteiger partial charge in [0.05, 0.1) is 12.1 Å². The molecule has 1 amide bonds. The van der Waals surface area contributed by atoms with Crippen molar-refractivity contribution in [1.29, 1.82) is 5.26 Å². The maximum absolute atomic E-state index is 13.2. The lowest BCUT2D eigenvalue weighted by atomic mass is 9.72. The molecule has 0 bridgehead atoms. The fourth-order valence-electron chi connectivity index (χ4n) is 4.84. The lowest BCUT2D eigenvalue weighted by Gasteiger charge is -2.38. The van der Waals surface area contributed by atoms with Crippen molar-refractivity contribution in [2.24, 2.45) is 11.7 Å². The molecule has 120 valence electrons. The van der Waals surface area contributed by atoms with Gasteiger partial charge in [-0.3, -0.25) is 4.79 Å². The van der Waals surface area contributed by atoms with Crippen LogP contribution in [0.1, 0.15) is 44.1 Å². The van der Waals surface area contributed by atoms with E-state index < -0.39 is 6.04 Å². The maximum atomic E-state index is 13.2. The van der Waals surface area contributed by atoms with E-state index in [-0.39, 0.29) is 23.4 Å². The summed E-state index contributed by atoms with van der Waals surface area (Å²) in [6, 6.07) is 12.0. The molecule has 4 nitrogen and oxygen atoms in total. The van der Waals surface area contributed by atoms with Gasteiger partial charge in [0.2, 0.25) is 5.91 Å². The molecule has 1 aromatic rings. The molecule has 4 atom stereocenters. The molecule has 1 heterocycles. The average molecular weight is 309 g/mol. The summed E-state index contributed by atoms with van der Waals surface area (Å²) < 4.78 is 0. The van der Waals surface area contributed by atoms with Crippen LogP contribution < -0.4 is 5.73 Å². The number of likely N-dealkylation sites (tertiary alicyclic amines) is 1. The highest BCUT2D eigenvalue weighted by Crippen LogP contribution is 2.50. The molecule has 1 aromatic carbocycles. The summed E-state index contributed by atoms with van der Waals surface area (Å²) >= 11 is 0. The number of carbonyl (C=O) groups is 1. The third-order valence-electron chi connectivity index (χ3n) is 6.21. The van der Waals surface area contributed by atoms with Gasteiger partial charge in [0.15, 0.2) is 0 Å². The van der Waals surface area contributed by atoms with E-state index in [2.05, 4.69) is 18.2 Å². The zero-order valence-corrected chi connectivity index (χ0v) is 13.3. The Morgan fingerprint density at radius 1 is 1.26 bits per heavy atom. The summed E-state index contributed by atoms with van der Waals surface area (Å²) in [7, 11) is 0. The van der Waals surface area contributed by atoms with E-state index >= 15 is 0 Å². The summed E-state index contributed by atoms with van der Waals surface area (Å²) in [6.07, 6.45) is 6.03. The largest absolute Gasteiger partial charge is 0.322 e. The molecule has 1 saturated heterocycles. The number of hydrogen-bond acceptors (Lipinski definition) is 3. The minimum Gasteiger partial charge on any atom is -0.322 e. The van der Waals surface area contributed by atoms with Crippen LogP contribution in [-0.4, -0.2) is 28.9 Å². The smallest absolute Gasteiger partial charge is 0.241 e. The van der Waals surface area contributed by atoms with Gasteiger partial charge in [-0.2, -0.15) is 5.26 Å². The zero-order valence-electron chi connectivity index (χ0n) is 13.3. The van der Waals surface area contributed by atoms with Crippen molar-refractivity contribution < 1.29 is 4.79 Å². The summed E-state index contributed by atoms with van der Waals surface area (Å²) in [6.45, 7) is 0. The van der Waals surface area contributed by atoms with Crippen LogP contribution in [-0.2, 0) is 10.2 Å². The maximum Gasteiger partial charge on any atom is 0.241 e. The Morgan fingerprint density at radius 3 is 2.61 bits per heavy atom. The summed E-state index contributed by atoms with van der Waals surface area (Å²) in [5, 5.41) is 9.37. The third-order valence-corrected chi connectivity index (χ3v) is 6.21. The van der Waals surface area contributed by atoms with E-state index in [1.165, 1.54) is 5.56 Å². The molecule has 0 spiro atoms. The van der Waals surface area contributed by atoms with Gasteiger partial charge in [-0.05, 0) is 37.2 Å². The minimum absolute atomic E-state index is 0.00713. The number of amides is 1. The second kappa shape index (κ2) is 5.35. The highest BCUT2D eigenvalue weighted by atomic mass is 16.2. The Kier molecular flexibility index (Phi) is 3.42. The van der Waals surface area contributed by atoms with Crippen LogP contribution in [0.2, 0.25) is 0 Å². The lowest BCUT2D eigenvalue weighted by Crippen LogP contribution is -2.56. The molecule has 3 unspecified atom stereocenters. The average Bonchev–Trinajstić information content (AvgIpc) is 3.03. The fraction of sp³-hybridized carbons (Fsp3) is 0.579. The van der Waals surface area contributed by atoms with Crippen LogP contribution in [0.3, 0.4) is 0 Å². The number of benzene rings is 1. The number of carbonyl (C=O) groups excluding carboxylic acids is 1. The number of rotatable bonds is 3. The molecular weight excluding hydrogens is 286 g/mol. The molecule has 2 N–H and O–H groups in total. The number of fused-ring (bicyclic) bond motifs is 1. The number of nitrogens with two attached hydrogens (primary N) is 1. The highest BCUT2D eigenvalue weighted by molar-refractivity contribution is 5.85. The van der Waals surface area contributed by atoms with Crippen LogP contribution in [0.25, 0.3) is 0 Å². The zero-order chi connectivity index (χ0) is 16.0. The van der Waals surface area contributed by atoms with Crippen LogP contribution in [0.4, 0.5) is 0 Å². The first kappa shape index (κ1) is 14.7. The van der Waals surface area contributed by atoms with Crippen molar-refractivity contribution >= 4 is 5.91 Å². The molecular formula is C19H23N3O. The first-order valence-electron chi connectivity index (χ1n) is 8.70. The van der Waals surface area contributed by atoms with E-state index in [1.54, 1.807) is 0 Å². The van der Waals surface area contributed by atoms with Crippen LogP contribution in [0.15, 0.2) is 30.3 Å². The molecule has 3 fully saturated rings. The molecule has 0 radical (unpaired) electrons. The number of piperidine rings is 1. The van der Waals surface area contributed by atoms with Crippen LogP contribution in [0.5, 0.6) is 0 Å². The van der Waals surface area contributed by atoms with Gasteiger partial charge in [-0.15, -0.1) is 0 Å². The Morgan fingerprint density at radius 2 is 1.96 bits per heavy atom. The number of nitrogens with zero attached hydrogens (tertiary/aromatic N) is 2. The standard InChI is InChI=1S/C19H23N3O/c20-12-15-10-13-11-16(13)22(15)18(23)17(21)19(8-4-5-9-19)14-6-2-1-3-7-14/h1-3,6-7,13,15-17H,4-5,8-11,21H2/t13?,15?,16?,17-/m1/s1. The van der Waals surface area contributed by atoms with Gasteiger partial charge in [-0.1, -0.05) is 43.2 Å². The SMILES string of the molecule is N#CC1CC2CC2N1C(=O)[C@@H](N)C1(c2ccccc2)CCCC1. The van der Waals surface area contributed by atoms with Gasteiger partial charge < -0.3 is 10.6 Å². The van der Waals surface area contributed by atoms with Crippen molar-refractivity contribution in [2.45, 2.75) is 62.1 Å². The van der Waals surface area contributed by atoms with Crippen LogP contribution >= 0.6 is 0 Å². The summed E-state index contributed by atoms with van der Waals surface area (Å²) in [5.41, 5.74) is 7.49.